The molecule has 5 rings (SSSR count). The summed E-state index contributed by atoms with van der Waals surface area (Å²) >= 11 is 0. The number of amides is 3. The lowest BCUT2D eigenvalue weighted by atomic mass is 10.0. The van der Waals surface area contributed by atoms with E-state index in [2.05, 4.69) is 10.6 Å². The largest absolute Gasteiger partial charge is 0.463 e. The number of nitrogen functional groups attached to an aromatic ring is 1. The molecular formula is C37H48N4O7. The van der Waals surface area contributed by atoms with Crippen molar-refractivity contribution in [3.05, 3.63) is 83.4 Å². The third kappa shape index (κ3) is 10.9. The maximum absolute atomic E-state index is 12.5. The lowest BCUT2D eigenvalue weighted by Crippen LogP contribution is -2.35. The average molecular weight is 661 g/mol. The summed E-state index contributed by atoms with van der Waals surface area (Å²) in [5, 5.41) is 5.61. The monoisotopic (exact) mass is 660 g/mol. The van der Waals surface area contributed by atoms with Crippen molar-refractivity contribution in [2.24, 2.45) is 0 Å². The Hall–Kier alpha value is -4.32. The van der Waals surface area contributed by atoms with Gasteiger partial charge < -0.3 is 45.0 Å². The van der Waals surface area contributed by atoms with Crippen LogP contribution >= 0.6 is 0 Å². The number of benzene rings is 3. The van der Waals surface area contributed by atoms with E-state index < -0.39 is 5.79 Å². The van der Waals surface area contributed by atoms with Gasteiger partial charge in [0.25, 0.3) is 0 Å². The maximum Gasteiger partial charge on any atom is 0.410 e. The molecule has 0 bridgehead atoms. The summed E-state index contributed by atoms with van der Waals surface area (Å²) in [6.45, 7) is 7.99. The summed E-state index contributed by atoms with van der Waals surface area (Å²) in [6.07, 6.45) is 5.55. The van der Waals surface area contributed by atoms with Gasteiger partial charge in [-0.2, -0.15) is 0 Å². The van der Waals surface area contributed by atoms with Crippen LogP contribution in [0.4, 0.5) is 26.7 Å². The lowest BCUT2D eigenvalue weighted by molar-refractivity contribution is -0.180. The fourth-order valence-corrected chi connectivity index (χ4v) is 5.66. The summed E-state index contributed by atoms with van der Waals surface area (Å²) in [4.78, 5) is 26.6. The van der Waals surface area contributed by atoms with Gasteiger partial charge in [0.1, 0.15) is 11.9 Å². The Kier molecular flexibility index (Phi) is 12.5. The highest BCUT2D eigenvalue weighted by Gasteiger charge is 2.33. The van der Waals surface area contributed by atoms with Crippen LogP contribution in [0.25, 0.3) is 0 Å². The van der Waals surface area contributed by atoms with E-state index >= 15 is 0 Å². The van der Waals surface area contributed by atoms with E-state index in [1.807, 2.05) is 61.2 Å². The van der Waals surface area contributed by atoms with Crippen LogP contribution in [-0.4, -0.2) is 55.7 Å². The van der Waals surface area contributed by atoms with Crippen molar-refractivity contribution in [3.63, 3.8) is 0 Å². The van der Waals surface area contributed by atoms with E-state index in [1.165, 1.54) is 0 Å². The topological polar surface area (TPSA) is 134 Å². The molecule has 3 aromatic carbocycles. The molecule has 3 amide bonds. The van der Waals surface area contributed by atoms with E-state index in [0.717, 1.165) is 67.6 Å². The third-order valence-corrected chi connectivity index (χ3v) is 8.17. The summed E-state index contributed by atoms with van der Waals surface area (Å²) in [5.41, 5.74) is 10.6. The van der Waals surface area contributed by atoms with Crippen molar-refractivity contribution in [3.8, 4) is 5.75 Å². The lowest BCUT2D eigenvalue weighted by Gasteiger charge is -2.32. The molecule has 11 nitrogen and oxygen atoms in total. The molecule has 0 radical (unpaired) electrons. The molecule has 0 unspecified atom stereocenters. The van der Waals surface area contributed by atoms with E-state index in [0.29, 0.717) is 56.6 Å². The zero-order chi connectivity index (χ0) is 33.8. The first-order chi connectivity index (χ1) is 23.2. The van der Waals surface area contributed by atoms with Gasteiger partial charge in [0.2, 0.25) is 5.79 Å². The fraction of sp³-hybridized carbons (Fsp3) is 0.459. The number of rotatable bonds is 17. The number of cyclic esters (lactones) is 1. The molecule has 1 saturated heterocycles. The molecule has 1 atom stereocenters. The molecule has 0 saturated carbocycles. The quantitative estimate of drug-likeness (QED) is 0.0995. The second-order valence-corrected chi connectivity index (χ2v) is 12.7. The average Bonchev–Trinajstić information content (AvgIpc) is 3.42. The van der Waals surface area contributed by atoms with Gasteiger partial charge in [-0.1, -0.05) is 43.5 Å². The van der Waals surface area contributed by atoms with Gasteiger partial charge in [-0.25, -0.2) is 9.59 Å². The van der Waals surface area contributed by atoms with Crippen LogP contribution in [0.2, 0.25) is 0 Å². The standard InChI is InChI=1S/C37H48N4O7/c1-37(2)46-26-29-22-28(15-16-33(29)48-37)34-24-41(36(43)47-34)17-6-4-3-5-7-18-44-19-10-20-45-25-27-11-8-13-31(21-27)39-35(42)40-32-14-9-12-30(38)23-32/h8-9,11-16,21-23,34H,3-7,10,17-20,24-26,38H2,1-2H3,(H2,39,40,42)/t34-/m0/s1. The first-order valence-corrected chi connectivity index (χ1v) is 16.8. The number of hydrogen-bond acceptors (Lipinski definition) is 8. The number of carbonyl (C=O) groups excluding carboxylic acids is 2. The molecule has 3 aromatic rings. The number of anilines is 3. The Morgan fingerprint density at radius 1 is 0.896 bits per heavy atom. The normalized spacial score (nSPS) is 16.6. The van der Waals surface area contributed by atoms with Crippen molar-refractivity contribution in [2.75, 3.05) is 49.3 Å². The van der Waals surface area contributed by atoms with Crippen LogP contribution in [0, 0.1) is 0 Å². The number of nitrogens with zero attached hydrogens (tertiary/aromatic N) is 1. The molecule has 1 fully saturated rings. The van der Waals surface area contributed by atoms with Gasteiger partial charge >= 0.3 is 12.1 Å². The number of nitrogens with two attached hydrogens (primary N) is 1. The highest BCUT2D eigenvalue weighted by atomic mass is 16.7. The molecule has 0 aliphatic carbocycles. The van der Waals surface area contributed by atoms with Gasteiger partial charge in [-0.05, 0) is 72.9 Å². The van der Waals surface area contributed by atoms with Gasteiger partial charge in [0.05, 0.1) is 19.8 Å². The van der Waals surface area contributed by atoms with Gasteiger partial charge in [-0.3, -0.25) is 0 Å². The Balaban J connectivity index is 0.854. The number of carbonyl (C=O) groups is 2. The fourth-order valence-electron chi connectivity index (χ4n) is 5.66. The molecule has 2 heterocycles. The van der Waals surface area contributed by atoms with E-state index in [-0.39, 0.29) is 18.2 Å². The van der Waals surface area contributed by atoms with Crippen molar-refractivity contribution in [2.45, 2.75) is 77.5 Å². The smallest absolute Gasteiger partial charge is 0.410 e. The highest BCUT2D eigenvalue weighted by Crippen LogP contribution is 2.35. The molecular weight excluding hydrogens is 612 g/mol. The zero-order valence-electron chi connectivity index (χ0n) is 28.0. The second kappa shape index (κ2) is 17.2. The van der Waals surface area contributed by atoms with Crippen LogP contribution < -0.4 is 21.1 Å². The Morgan fingerprint density at radius 3 is 2.46 bits per heavy atom. The first-order valence-electron chi connectivity index (χ1n) is 16.8. The minimum atomic E-state index is -0.632. The van der Waals surface area contributed by atoms with Crippen molar-refractivity contribution in [1.82, 2.24) is 4.90 Å². The number of unbranched alkanes of at least 4 members (excludes halogenated alkanes) is 4. The Morgan fingerprint density at radius 2 is 1.62 bits per heavy atom. The molecule has 258 valence electrons. The Bertz CT molecular complexity index is 1510. The number of ether oxygens (including phenoxy) is 5. The number of nitrogens with one attached hydrogen (secondary N) is 2. The first kappa shape index (κ1) is 35.0. The third-order valence-electron chi connectivity index (χ3n) is 8.17. The molecule has 2 aliphatic heterocycles. The zero-order valence-corrected chi connectivity index (χ0v) is 28.0. The maximum atomic E-state index is 12.5. The van der Waals surface area contributed by atoms with Crippen molar-refractivity contribution in [1.29, 1.82) is 0 Å². The van der Waals surface area contributed by atoms with Crippen LogP contribution in [0.3, 0.4) is 0 Å². The SMILES string of the molecule is CC1(C)OCc2cc([C@@H]3CN(CCCCCCCOCCCOCc4cccc(NC(=O)Nc5cccc(N)c5)c4)C(=O)O3)ccc2O1. The second-order valence-electron chi connectivity index (χ2n) is 12.7. The summed E-state index contributed by atoms with van der Waals surface area (Å²) in [5.74, 6) is 0.186. The summed E-state index contributed by atoms with van der Waals surface area (Å²) < 4.78 is 28.9. The molecule has 2 aliphatic rings. The number of urea groups is 1. The minimum absolute atomic E-state index is 0.246. The van der Waals surface area contributed by atoms with Crippen LogP contribution in [0.1, 0.15) is 75.2 Å². The number of fused-ring (bicyclic) bond motifs is 1. The van der Waals surface area contributed by atoms with Gasteiger partial charge in [0, 0.05) is 62.8 Å². The summed E-state index contributed by atoms with van der Waals surface area (Å²) in [6, 6.07) is 20.2. The van der Waals surface area contributed by atoms with E-state index in [1.54, 1.807) is 24.3 Å². The van der Waals surface area contributed by atoms with E-state index in [9.17, 15) is 9.59 Å². The van der Waals surface area contributed by atoms with Crippen molar-refractivity contribution < 1.29 is 33.3 Å². The molecule has 48 heavy (non-hydrogen) atoms. The van der Waals surface area contributed by atoms with Gasteiger partial charge in [0.15, 0.2) is 0 Å². The summed E-state index contributed by atoms with van der Waals surface area (Å²) in [7, 11) is 0. The minimum Gasteiger partial charge on any atom is -0.463 e. The predicted octanol–water partition coefficient (Wildman–Crippen LogP) is 7.63. The van der Waals surface area contributed by atoms with Crippen LogP contribution in [-0.2, 0) is 32.2 Å². The van der Waals surface area contributed by atoms with E-state index in [4.69, 9.17) is 29.4 Å². The highest BCUT2D eigenvalue weighted by molar-refractivity contribution is 6.00. The molecule has 11 heteroatoms. The van der Waals surface area contributed by atoms with Crippen LogP contribution in [0.15, 0.2) is 66.7 Å². The number of hydrogen-bond donors (Lipinski definition) is 3. The molecule has 0 aromatic heterocycles. The van der Waals surface area contributed by atoms with Gasteiger partial charge in [-0.15, -0.1) is 0 Å². The predicted molar refractivity (Wildman–Crippen MR) is 185 cm³/mol. The van der Waals surface area contributed by atoms with Crippen molar-refractivity contribution >= 4 is 29.2 Å². The molecule has 0 spiro atoms. The Labute approximate surface area is 283 Å². The van der Waals surface area contributed by atoms with Crippen LogP contribution in [0.5, 0.6) is 5.75 Å². The molecule has 4 N–H and O–H groups in total.